The normalized spacial score (nSPS) is 15.4. The fourth-order valence-corrected chi connectivity index (χ4v) is 5.72. The molecule has 6 aromatic rings. The second-order valence-electron chi connectivity index (χ2n) is 10.7. The van der Waals surface area contributed by atoms with Crippen molar-refractivity contribution in [2.75, 3.05) is 26.2 Å². The lowest BCUT2D eigenvalue weighted by atomic mass is 9.88. The molecule has 0 spiro atoms. The number of aliphatic hydroxyl groups excluding tert-OH is 1. The highest BCUT2D eigenvalue weighted by Crippen LogP contribution is 2.34. The van der Waals surface area contributed by atoms with Gasteiger partial charge < -0.3 is 23.6 Å². The van der Waals surface area contributed by atoms with Crippen molar-refractivity contribution in [3.05, 3.63) is 103 Å². The van der Waals surface area contributed by atoms with E-state index >= 15 is 0 Å². The van der Waals surface area contributed by atoms with E-state index in [9.17, 15) is 5.11 Å². The largest absolute Gasteiger partial charge is 0.487 e. The second kappa shape index (κ2) is 11.2. The van der Waals surface area contributed by atoms with Crippen LogP contribution >= 0.6 is 0 Å². The van der Waals surface area contributed by atoms with Crippen molar-refractivity contribution >= 4 is 21.7 Å². The van der Waals surface area contributed by atoms with Crippen LogP contribution in [0.25, 0.3) is 44.8 Å². The van der Waals surface area contributed by atoms with Gasteiger partial charge >= 0.3 is 0 Å². The number of benzene rings is 4. The van der Waals surface area contributed by atoms with Crippen LogP contribution < -0.4 is 4.74 Å². The summed E-state index contributed by atoms with van der Waals surface area (Å²) in [5, 5.41) is 22.6. The first kappa shape index (κ1) is 25.5. The summed E-state index contributed by atoms with van der Waals surface area (Å²) >= 11 is 0. The van der Waals surface area contributed by atoms with Gasteiger partial charge in [0.1, 0.15) is 12.7 Å². The molecule has 0 aliphatic carbocycles. The third-order valence-electron chi connectivity index (χ3n) is 7.90. The van der Waals surface area contributed by atoms with Crippen LogP contribution in [0, 0.1) is 0 Å². The smallest absolute Gasteiger partial charge is 0.283 e. The summed E-state index contributed by atoms with van der Waals surface area (Å²) in [6, 6.07) is 32.5. The van der Waals surface area contributed by atoms with E-state index in [4.69, 9.17) is 13.6 Å². The van der Waals surface area contributed by atoms with Crippen LogP contribution in [-0.2, 0) is 0 Å². The molecule has 3 heterocycles. The van der Waals surface area contributed by atoms with E-state index in [-0.39, 0.29) is 6.61 Å². The summed E-state index contributed by atoms with van der Waals surface area (Å²) in [4.78, 5) is 2.33. The number of ether oxygens (including phenoxy) is 1. The highest BCUT2D eigenvalue weighted by molar-refractivity contribution is 5.86. The Hall–Kier alpha value is -4.46. The van der Waals surface area contributed by atoms with Crippen molar-refractivity contribution in [3.8, 4) is 28.9 Å². The molecule has 0 bridgehead atoms. The summed E-state index contributed by atoms with van der Waals surface area (Å²) in [7, 11) is 0. The SMILES string of the molecule is O[C@H](COc1cccc2cc(-c3nnc(-c4ccccc4)o3)oc12)CN1CCC(c2ccc3ccccc3c2)CC1. The number of β-amino-alcohol motifs (C(OH)–C–C–N with tert-alkyl or cyclic N) is 1. The van der Waals surface area contributed by atoms with E-state index in [0.29, 0.717) is 41.3 Å². The molecule has 0 radical (unpaired) electrons. The summed E-state index contributed by atoms with van der Waals surface area (Å²) in [5.41, 5.74) is 2.85. The van der Waals surface area contributed by atoms with Gasteiger partial charge in [-0.25, -0.2) is 0 Å². The molecular weight excluding hydrogens is 514 g/mol. The Balaban J connectivity index is 0.957. The Morgan fingerprint density at radius 3 is 2.39 bits per heavy atom. The van der Waals surface area contributed by atoms with Crippen LogP contribution in [0.15, 0.2) is 106 Å². The van der Waals surface area contributed by atoms with Crippen LogP contribution in [0.3, 0.4) is 0 Å². The third-order valence-corrected chi connectivity index (χ3v) is 7.90. The number of aromatic nitrogens is 2. The van der Waals surface area contributed by atoms with Gasteiger partial charge in [0, 0.05) is 17.5 Å². The zero-order valence-corrected chi connectivity index (χ0v) is 22.6. The van der Waals surface area contributed by atoms with Gasteiger partial charge in [0.25, 0.3) is 5.89 Å². The molecule has 7 nitrogen and oxygen atoms in total. The number of rotatable bonds is 8. The zero-order chi connectivity index (χ0) is 27.6. The van der Waals surface area contributed by atoms with Crippen molar-refractivity contribution in [1.29, 1.82) is 0 Å². The molecule has 1 atom stereocenters. The van der Waals surface area contributed by atoms with Crippen molar-refractivity contribution in [2.24, 2.45) is 0 Å². The molecule has 0 saturated carbocycles. The first-order chi connectivity index (χ1) is 20.2. The maximum Gasteiger partial charge on any atom is 0.283 e. The van der Waals surface area contributed by atoms with E-state index < -0.39 is 6.10 Å². The number of furan rings is 1. The van der Waals surface area contributed by atoms with Gasteiger partial charge in [-0.2, -0.15) is 0 Å². The monoisotopic (exact) mass is 545 g/mol. The standard InChI is InChI=1S/C34H31N3O4/c38-29(21-37-17-15-24(16-18-37)27-14-13-23-7-4-5-10-26(23)19-27)22-39-30-12-6-11-28-20-31(40-32(28)30)34-36-35-33(41-34)25-8-2-1-3-9-25/h1-14,19-20,24,29,38H,15-18,21-22H2/t29-/m0/s1. The van der Waals surface area contributed by atoms with Crippen LogP contribution in [0.1, 0.15) is 24.3 Å². The molecular formula is C34H31N3O4. The van der Waals surface area contributed by atoms with Gasteiger partial charge in [-0.1, -0.05) is 72.8 Å². The fourth-order valence-electron chi connectivity index (χ4n) is 5.72. The molecule has 1 aliphatic heterocycles. The predicted molar refractivity (Wildman–Crippen MR) is 159 cm³/mol. The maximum atomic E-state index is 10.8. The quantitative estimate of drug-likeness (QED) is 0.222. The Morgan fingerprint density at radius 1 is 0.780 bits per heavy atom. The molecule has 0 amide bonds. The minimum atomic E-state index is -0.610. The van der Waals surface area contributed by atoms with Gasteiger partial charge in [-0.05, 0) is 72.5 Å². The Bertz CT molecular complexity index is 1770. The highest BCUT2D eigenvalue weighted by Gasteiger charge is 2.23. The topological polar surface area (TPSA) is 84.8 Å². The van der Waals surface area contributed by atoms with E-state index in [0.717, 1.165) is 36.9 Å². The summed E-state index contributed by atoms with van der Waals surface area (Å²) < 4.78 is 18.0. The summed E-state index contributed by atoms with van der Waals surface area (Å²) in [6.07, 6.45) is 1.56. The van der Waals surface area contributed by atoms with E-state index in [1.54, 1.807) is 0 Å². The van der Waals surface area contributed by atoms with Gasteiger partial charge in [-0.15, -0.1) is 10.2 Å². The lowest BCUT2D eigenvalue weighted by molar-refractivity contribution is 0.0596. The van der Waals surface area contributed by atoms with Crippen molar-refractivity contribution in [3.63, 3.8) is 0 Å². The molecule has 1 N–H and O–H groups in total. The van der Waals surface area contributed by atoms with Gasteiger partial charge in [-0.3, -0.25) is 0 Å². The number of piperidine rings is 1. The lowest BCUT2D eigenvalue weighted by Crippen LogP contribution is -2.40. The summed E-state index contributed by atoms with van der Waals surface area (Å²) in [6.45, 7) is 2.67. The molecule has 41 heavy (non-hydrogen) atoms. The van der Waals surface area contributed by atoms with Crippen LogP contribution in [0.2, 0.25) is 0 Å². The number of fused-ring (bicyclic) bond motifs is 2. The predicted octanol–water partition coefficient (Wildman–Crippen LogP) is 6.92. The molecule has 0 unspecified atom stereocenters. The number of likely N-dealkylation sites (tertiary alicyclic amines) is 1. The molecule has 4 aromatic carbocycles. The zero-order valence-electron chi connectivity index (χ0n) is 22.6. The van der Waals surface area contributed by atoms with Gasteiger partial charge in [0.15, 0.2) is 17.1 Å². The highest BCUT2D eigenvalue weighted by atomic mass is 16.5. The van der Waals surface area contributed by atoms with Crippen molar-refractivity contribution in [1.82, 2.24) is 15.1 Å². The first-order valence-electron chi connectivity index (χ1n) is 14.1. The summed E-state index contributed by atoms with van der Waals surface area (Å²) in [5.74, 6) is 2.34. The molecule has 206 valence electrons. The average Bonchev–Trinajstić information content (AvgIpc) is 3.69. The molecule has 1 fully saturated rings. The molecule has 2 aromatic heterocycles. The average molecular weight is 546 g/mol. The van der Waals surface area contributed by atoms with Gasteiger partial charge in [0.2, 0.25) is 5.89 Å². The lowest BCUT2D eigenvalue weighted by Gasteiger charge is -2.33. The molecule has 7 rings (SSSR count). The molecule has 1 aliphatic rings. The van der Waals surface area contributed by atoms with E-state index in [2.05, 4.69) is 57.6 Å². The minimum absolute atomic E-state index is 0.179. The Labute approximate surface area is 238 Å². The Kier molecular flexibility index (Phi) is 6.96. The van der Waals surface area contributed by atoms with Crippen molar-refractivity contribution < 1.29 is 18.7 Å². The number of aliphatic hydroxyl groups is 1. The van der Waals surface area contributed by atoms with Crippen LogP contribution in [-0.4, -0.2) is 52.5 Å². The minimum Gasteiger partial charge on any atom is -0.487 e. The number of hydrogen-bond acceptors (Lipinski definition) is 7. The van der Waals surface area contributed by atoms with Gasteiger partial charge in [0.05, 0.1) is 0 Å². The van der Waals surface area contributed by atoms with E-state index in [1.165, 1.54) is 16.3 Å². The second-order valence-corrected chi connectivity index (χ2v) is 10.7. The first-order valence-corrected chi connectivity index (χ1v) is 14.1. The van der Waals surface area contributed by atoms with Crippen LogP contribution in [0.5, 0.6) is 5.75 Å². The van der Waals surface area contributed by atoms with E-state index in [1.807, 2.05) is 54.6 Å². The Morgan fingerprint density at radius 2 is 1.54 bits per heavy atom. The number of nitrogens with zero attached hydrogens (tertiary/aromatic N) is 3. The third kappa shape index (κ3) is 5.46. The maximum absolute atomic E-state index is 10.8. The number of para-hydroxylation sites is 1. The molecule has 7 heteroatoms. The van der Waals surface area contributed by atoms with Crippen molar-refractivity contribution in [2.45, 2.75) is 24.9 Å². The number of hydrogen-bond donors (Lipinski definition) is 1. The fraction of sp³-hybridized carbons (Fsp3) is 0.235. The van der Waals surface area contributed by atoms with Crippen LogP contribution in [0.4, 0.5) is 0 Å². The molecule has 1 saturated heterocycles.